The monoisotopic (exact) mass is 337 g/mol. The Labute approximate surface area is 149 Å². The average Bonchev–Trinajstić information content (AvgIpc) is 3.01. The standard InChI is InChI=1S/C22H15N3O/c1-14(26)25-21-12-5-4-10-18(21)19-13-20(23-24-22(19)25)17-11-6-8-15-7-2-3-9-16(15)17/h2-13H,1H3. The second-order valence-electron chi connectivity index (χ2n) is 6.37. The highest BCUT2D eigenvalue weighted by Crippen LogP contribution is 2.32. The lowest BCUT2D eigenvalue weighted by molar-refractivity contribution is 0.0945. The maximum absolute atomic E-state index is 12.2. The lowest BCUT2D eigenvalue weighted by Crippen LogP contribution is -2.06. The van der Waals surface area contributed by atoms with E-state index >= 15 is 0 Å². The van der Waals surface area contributed by atoms with E-state index in [1.807, 2.05) is 48.5 Å². The van der Waals surface area contributed by atoms with Crippen LogP contribution in [0, 0.1) is 0 Å². The third-order valence-electron chi connectivity index (χ3n) is 4.80. The number of benzene rings is 3. The second-order valence-corrected chi connectivity index (χ2v) is 6.37. The fourth-order valence-corrected chi connectivity index (χ4v) is 3.66. The van der Waals surface area contributed by atoms with Crippen molar-refractivity contribution in [1.29, 1.82) is 0 Å². The molecule has 4 nitrogen and oxygen atoms in total. The van der Waals surface area contributed by atoms with Gasteiger partial charge in [0.2, 0.25) is 5.91 Å². The summed E-state index contributed by atoms with van der Waals surface area (Å²) in [5, 5.41) is 13.1. The normalized spacial score (nSPS) is 11.4. The van der Waals surface area contributed by atoms with Crippen molar-refractivity contribution in [3.8, 4) is 11.3 Å². The van der Waals surface area contributed by atoms with Crippen LogP contribution < -0.4 is 0 Å². The Morgan fingerprint density at radius 1 is 0.808 bits per heavy atom. The molecule has 0 amide bonds. The molecule has 0 unspecified atom stereocenters. The number of carbonyl (C=O) groups is 1. The molecule has 4 heteroatoms. The van der Waals surface area contributed by atoms with E-state index < -0.39 is 0 Å². The van der Waals surface area contributed by atoms with E-state index in [-0.39, 0.29) is 5.91 Å². The van der Waals surface area contributed by atoms with Crippen LogP contribution >= 0.6 is 0 Å². The summed E-state index contributed by atoms with van der Waals surface area (Å²) >= 11 is 0. The summed E-state index contributed by atoms with van der Waals surface area (Å²) in [7, 11) is 0. The summed E-state index contributed by atoms with van der Waals surface area (Å²) in [5.74, 6) is -0.0663. The number of carbonyl (C=O) groups excluding carboxylic acids is 1. The van der Waals surface area contributed by atoms with Crippen LogP contribution in [0.5, 0.6) is 0 Å². The van der Waals surface area contributed by atoms with E-state index in [0.29, 0.717) is 5.65 Å². The summed E-state index contributed by atoms with van der Waals surface area (Å²) in [6.45, 7) is 1.55. The van der Waals surface area contributed by atoms with Crippen LogP contribution in [0.1, 0.15) is 11.7 Å². The predicted molar refractivity (Wildman–Crippen MR) is 104 cm³/mol. The van der Waals surface area contributed by atoms with Gasteiger partial charge >= 0.3 is 0 Å². The second kappa shape index (κ2) is 5.49. The Morgan fingerprint density at radius 2 is 1.54 bits per heavy atom. The zero-order valence-electron chi connectivity index (χ0n) is 14.2. The fourth-order valence-electron chi connectivity index (χ4n) is 3.66. The zero-order chi connectivity index (χ0) is 17.7. The predicted octanol–water partition coefficient (Wildman–Crippen LogP) is 5.06. The zero-order valence-corrected chi connectivity index (χ0v) is 14.2. The number of para-hydroxylation sites is 1. The number of rotatable bonds is 1. The van der Waals surface area contributed by atoms with Gasteiger partial charge in [-0.1, -0.05) is 60.7 Å². The van der Waals surface area contributed by atoms with E-state index in [4.69, 9.17) is 0 Å². The van der Waals surface area contributed by atoms with Gasteiger partial charge in [-0.2, -0.15) is 0 Å². The average molecular weight is 337 g/mol. The van der Waals surface area contributed by atoms with E-state index in [9.17, 15) is 4.79 Å². The molecule has 124 valence electrons. The third kappa shape index (κ3) is 2.05. The number of nitrogens with zero attached hydrogens (tertiary/aromatic N) is 3. The van der Waals surface area contributed by atoms with Crippen molar-refractivity contribution in [3.63, 3.8) is 0 Å². The Bertz CT molecular complexity index is 1310. The Morgan fingerprint density at radius 3 is 2.38 bits per heavy atom. The molecule has 5 rings (SSSR count). The van der Waals surface area contributed by atoms with Crippen molar-refractivity contribution in [2.45, 2.75) is 6.92 Å². The van der Waals surface area contributed by atoms with Gasteiger partial charge in [-0.25, -0.2) is 0 Å². The van der Waals surface area contributed by atoms with Crippen molar-refractivity contribution in [3.05, 3.63) is 72.8 Å². The number of fused-ring (bicyclic) bond motifs is 4. The molecule has 0 aliphatic carbocycles. The van der Waals surface area contributed by atoms with Crippen LogP contribution in [0.25, 0.3) is 44.0 Å². The van der Waals surface area contributed by atoms with Crippen molar-refractivity contribution < 1.29 is 4.79 Å². The summed E-state index contributed by atoms with van der Waals surface area (Å²) in [5.41, 5.74) is 3.31. The minimum Gasteiger partial charge on any atom is -0.274 e. The summed E-state index contributed by atoms with van der Waals surface area (Å²) in [6.07, 6.45) is 0. The van der Waals surface area contributed by atoms with E-state index in [1.165, 1.54) is 0 Å². The molecule has 0 aliphatic heterocycles. The lowest BCUT2D eigenvalue weighted by Gasteiger charge is -2.06. The molecule has 0 aliphatic rings. The minimum atomic E-state index is -0.0663. The molecule has 0 radical (unpaired) electrons. The maximum Gasteiger partial charge on any atom is 0.229 e. The highest BCUT2D eigenvalue weighted by Gasteiger charge is 2.16. The highest BCUT2D eigenvalue weighted by atomic mass is 16.1. The molecule has 2 heterocycles. The minimum absolute atomic E-state index is 0.0663. The lowest BCUT2D eigenvalue weighted by atomic mass is 10.0. The van der Waals surface area contributed by atoms with Crippen LogP contribution in [0.15, 0.2) is 72.8 Å². The Balaban J connectivity index is 1.86. The molecule has 0 atom stereocenters. The largest absolute Gasteiger partial charge is 0.274 e. The number of aromatic nitrogens is 3. The molecule has 0 fully saturated rings. The quantitative estimate of drug-likeness (QED) is 0.429. The molecule has 26 heavy (non-hydrogen) atoms. The van der Waals surface area contributed by atoms with Crippen LogP contribution in [0.3, 0.4) is 0 Å². The number of hydrogen-bond donors (Lipinski definition) is 0. The van der Waals surface area contributed by atoms with Gasteiger partial charge in [0.05, 0.1) is 11.2 Å². The van der Waals surface area contributed by atoms with Crippen molar-refractivity contribution in [1.82, 2.24) is 14.8 Å². The first-order valence-electron chi connectivity index (χ1n) is 8.50. The van der Waals surface area contributed by atoms with E-state index in [0.717, 1.165) is 38.3 Å². The maximum atomic E-state index is 12.2. The van der Waals surface area contributed by atoms with Gasteiger partial charge in [-0.05, 0) is 22.9 Å². The Hall–Kier alpha value is -3.53. The van der Waals surface area contributed by atoms with Crippen molar-refractivity contribution in [2.24, 2.45) is 0 Å². The van der Waals surface area contributed by atoms with Gasteiger partial charge in [0, 0.05) is 23.3 Å². The molecule has 0 saturated heterocycles. The third-order valence-corrected chi connectivity index (χ3v) is 4.80. The number of hydrogen-bond acceptors (Lipinski definition) is 3. The summed E-state index contributed by atoms with van der Waals surface area (Å²) < 4.78 is 1.63. The first kappa shape index (κ1) is 14.8. The van der Waals surface area contributed by atoms with E-state index in [1.54, 1.807) is 11.5 Å². The molecule has 0 N–H and O–H groups in total. The topological polar surface area (TPSA) is 47.8 Å². The molecule has 2 aromatic heterocycles. The van der Waals surface area contributed by atoms with Gasteiger partial charge in [0.25, 0.3) is 0 Å². The summed E-state index contributed by atoms with van der Waals surface area (Å²) in [4.78, 5) is 12.2. The molecule has 0 spiro atoms. The molecular weight excluding hydrogens is 322 g/mol. The smallest absolute Gasteiger partial charge is 0.229 e. The van der Waals surface area contributed by atoms with Gasteiger partial charge < -0.3 is 0 Å². The molecule has 3 aromatic carbocycles. The van der Waals surface area contributed by atoms with Gasteiger partial charge in [0.15, 0.2) is 5.65 Å². The van der Waals surface area contributed by atoms with E-state index in [2.05, 4.69) is 34.5 Å². The molecule has 0 saturated carbocycles. The first-order valence-corrected chi connectivity index (χ1v) is 8.50. The summed E-state index contributed by atoms with van der Waals surface area (Å²) in [6, 6.07) is 24.3. The van der Waals surface area contributed by atoms with Crippen LogP contribution in [0.2, 0.25) is 0 Å². The van der Waals surface area contributed by atoms with Crippen LogP contribution in [-0.2, 0) is 0 Å². The van der Waals surface area contributed by atoms with Crippen LogP contribution in [-0.4, -0.2) is 20.7 Å². The molecular formula is C22H15N3O. The van der Waals surface area contributed by atoms with Gasteiger partial charge in [-0.3, -0.25) is 9.36 Å². The first-order chi connectivity index (χ1) is 12.7. The fraction of sp³-hybridized carbons (Fsp3) is 0.0455. The molecule has 5 aromatic rings. The molecule has 0 bridgehead atoms. The van der Waals surface area contributed by atoms with Gasteiger partial charge in [0.1, 0.15) is 0 Å². The van der Waals surface area contributed by atoms with Crippen LogP contribution in [0.4, 0.5) is 0 Å². The van der Waals surface area contributed by atoms with Gasteiger partial charge in [-0.15, -0.1) is 10.2 Å². The SMILES string of the molecule is CC(=O)n1c2ccccc2c2cc(-c3cccc4ccccc34)nnc21. The highest BCUT2D eigenvalue weighted by molar-refractivity contribution is 6.12. The van der Waals surface area contributed by atoms with Crippen molar-refractivity contribution in [2.75, 3.05) is 0 Å². The Kier molecular flexibility index (Phi) is 3.12. The van der Waals surface area contributed by atoms with Crippen molar-refractivity contribution >= 4 is 38.6 Å².